The van der Waals surface area contributed by atoms with Crippen LogP contribution in [0.1, 0.15) is 5.56 Å². The Labute approximate surface area is 131 Å². The minimum atomic E-state index is -0.512. The maximum absolute atomic E-state index is 10.7. The van der Waals surface area contributed by atoms with Gasteiger partial charge in [0.05, 0.1) is 9.95 Å². The highest BCUT2D eigenvalue weighted by atomic mass is 35.5. The molecule has 0 fully saturated rings. The lowest BCUT2D eigenvalue weighted by Gasteiger charge is -2.13. The second-order valence-electron chi connectivity index (χ2n) is 4.22. The molecule has 5 nitrogen and oxygen atoms in total. The molecule has 0 aliphatic heterocycles. The first-order chi connectivity index (χ1) is 10.0. The third-order valence-corrected chi connectivity index (χ3v) is 3.43. The van der Waals surface area contributed by atoms with Crippen molar-refractivity contribution in [2.45, 2.75) is 6.54 Å². The number of nitrogens with zero attached hydrogens (tertiary/aromatic N) is 1. The third kappa shape index (κ3) is 3.64. The van der Waals surface area contributed by atoms with Gasteiger partial charge in [0.1, 0.15) is 11.5 Å². The summed E-state index contributed by atoms with van der Waals surface area (Å²) in [6.07, 6.45) is 0. The van der Waals surface area contributed by atoms with Gasteiger partial charge in [0.25, 0.3) is 5.69 Å². The molecule has 2 aromatic carbocycles. The average molecular weight is 327 g/mol. The van der Waals surface area contributed by atoms with Crippen LogP contribution in [0.15, 0.2) is 36.4 Å². The molecule has 2 rings (SSSR count). The van der Waals surface area contributed by atoms with Gasteiger partial charge in [-0.3, -0.25) is 10.1 Å². The van der Waals surface area contributed by atoms with Crippen molar-refractivity contribution >= 4 is 28.9 Å². The number of hydrogen-bond donors (Lipinski definition) is 1. The summed E-state index contributed by atoms with van der Waals surface area (Å²) >= 11 is 12.2. The van der Waals surface area contributed by atoms with Gasteiger partial charge in [0.2, 0.25) is 0 Å². The molecule has 0 aliphatic rings. The molecule has 0 bridgehead atoms. The summed E-state index contributed by atoms with van der Waals surface area (Å²) in [5.74, 6) is 0.884. The summed E-state index contributed by atoms with van der Waals surface area (Å²) in [4.78, 5) is 10.2. The Bertz CT molecular complexity index is 677. The molecule has 0 amide bonds. The Morgan fingerprint density at radius 3 is 2.57 bits per heavy atom. The van der Waals surface area contributed by atoms with Crippen LogP contribution in [0.3, 0.4) is 0 Å². The summed E-state index contributed by atoms with van der Waals surface area (Å²) in [5.41, 5.74) is 0.699. The summed E-state index contributed by atoms with van der Waals surface area (Å²) in [7, 11) is 1.80. The van der Waals surface area contributed by atoms with Gasteiger partial charge in [-0.15, -0.1) is 0 Å². The molecule has 7 heteroatoms. The number of rotatable bonds is 5. The number of nitro benzene ring substituents is 1. The summed E-state index contributed by atoms with van der Waals surface area (Å²) in [6, 6.07) is 9.33. The summed E-state index contributed by atoms with van der Waals surface area (Å²) < 4.78 is 5.73. The van der Waals surface area contributed by atoms with Gasteiger partial charge in [0.15, 0.2) is 0 Å². The van der Waals surface area contributed by atoms with Gasteiger partial charge in [-0.25, -0.2) is 0 Å². The Morgan fingerprint density at radius 2 is 1.95 bits per heavy atom. The Kier molecular flexibility index (Phi) is 5.01. The Morgan fingerprint density at radius 1 is 1.19 bits per heavy atom. The third-order valence-electron chi connectivity index (χ3n) is 2.78. The zero-order valence-electron chi connectivity index (χ0n) is 11.1. The highest BCUT2D eigenvalue weighted by molar-refractivity contribution is 6.32. The molecule has 0 aromatic heterocycles. The minimum Gasteiger partial charge on any atom is -0.455 e. The van der Waals surface area contributed by atoms with Crippen LogP contribution in [0, 0.1) is 10.1 Å². The van der Waals surface area contributed by atoms with E-state index in [2.05, 4.69) is 5.32 Å². The fraction of sp³-hybridized carbons (Fsp3) is 0.143. The monoisotopic (exact) mass is 326 g/mol. The largest absolute Gasteiger partial charge is 0.455 e. The normalized spacial score (nSPS) is 10.4. The highest BCUT2D eigenvalue weighted by Gasteiger charge is 2.13. The molecule has 0 heterocycles. The van der Waals surface area contributed by atoms with Crippen LogP contribution in [0.25, 0.3) is 0 Å². The zero-order valence-corrected chi connectivity index (χ0v) is 12.6. The molecular formula is C14H12Cl2N2O3. The molecule has 110 valence electrons. The predicted octanol–water partition coefficient (Wildman–Crippen LogP) is 4.41. The standard InChI is InChI=1S/C14H12Cl2N2O3/c1-17-8-10-11(15)3-2-4-13(10)21-14-6-5-9(18(19)20)7-12(14)16/h2-7,17H,8H2,1H3. The van der Waals surface area contributed by atoms with Crippen molar-refractivity contribution in [1.82, 2.24) is 5.32 Å². The van der Waals surface area contributed by atoms with E-state index in [1.807, 2.05) is 0 Å². The molecule has 21 heavy (non-hydrogen) atoms. The molecular weight excluding hydrogens is 315 g/mol. The quantitative estimate of drug-likeness (QED) is 0.652. The van der Waals surface area contributed by atoms with Gasteiger partial charge in [-0.1, -0.05) is 29.3 Å². The van der Waals surface area contributed by atoms with Gasteiger partial charge in [-0.2, -0.15) is 0 Å². The maximum Gasteiger partial charge on any atom is 0.271 e. The molecule has 0 aliphatic carbocycles. The second-order valence-corrected chi connectivity index (χ2v) is 5.04. The van der Waals surface area contributed by atoms with Crippen LogP contribution < -0.4 is 10.1 Å². The van der Waals surface area contributed by atoms with Gasteiger partial charge >= 0.3 is 0 Å². The lowest BCUT2D eigenvalue weighted by molar-refractivity contribution is -0.384. The molecule has 2 aromatic rings. The first-order valence-corrected chi connectivity index (χ1v) is 6.82. The Balaban J connectivity index is 2.34. The van der Waals surface area contributed by atoms with Crippen LogP contribution in [-0.2, 0) is 6.54 Å². The van der Waals surface area contributed by atoms with Crippen LogP contribution in [-0.4, -0.2) is 12.0 Å². The lowest BCUT2D eigenvalue weighted by Crippen LogP contribution is -2.07. The zero-order chi connectivity index (χ0) is 15.4. The van der Waals surface area contributed by atoms with E-state index in [1.165, 1.54) is 18.2 Å². The number of benzene rings is 2. The van der Waals surface area contributed by atoms with E-state index in [1.54, 1.807) is 25.2 Å². The average Bonchev–Trinajstić information content (AvgIpc) is 2.44. The lowest BCUT2D eigenvalue weighted by atomic mass is 10.2. The van der Waals surface area contributed by atoms with Gasteiger partial charge < -0.3 is 10.1 Å². The van der Waals surface area contributed by atoms with Crippen molar-refractivity contribution in [1.29, 1.82) is 0 Å². The van der Waals surface area contributed by atoms with Crippen molar-refractivity contribution in [2.75, 3.05) is 7.05 Å². The van der Waals surface area contributed by atoms with E-state index < -0.39 is 4.92 Å². The maximum atomic E-state index is 10.7. The van der Waals surface area contributed by atoms with Gasteiger partial charge in [-0.05, 0) is 25.2 Å². The first kappa shape index (κ1) is 15.6. The number of hydrogen-bond acceptors (Lipinski definition) is 4. The number of nitro groups is 1. The summed E-state index contributed by atoms with van der Waals surface area (Å²) in [5, 5.41) is 14.4. The van der Waals surface area contributed by atoms with Crippen LogP contribution >= 0.6 is 23.2 Å². The van der Waals surface area contributed by atoms with Crippen molar-refractivity contribution in [3.8, 4) is 11.5 Å². The van der Waals surface area contributed by atoms with Crippen molar-refractivity contribution < 1.29 is 9.66 Å². The van der Waals surface area contributed by atoms with E-state index >= 15 is 0 Å². The van der Waals surface area contributed by atoms with E-state index in [0.717, 1.165) is 5.56 Å². The molecule has 0 unspecified atom stereocenters. The summed E-state index contributed by atoms with van der Waals surface area (Å²) in [6.45, 7) is 0.527. The molecule has 0 spiro atoms. The van der Waals surface area contributed by atoms with E-state index in [9.17, 15) is 10.1 Å². The number of non-ortho nitro benzene ring substituents is 1. The van der Waals surface area contributed by atoms with E-state index in [-0.39, 0.29) is 10.7 Å². The number of ether oxygens (including phenoxy) is 1. The molecule has 1 N–H and O–H groups in total. The van der Waals surface area contributed by atoms with Crippen molar-refractivity contribution in [3.05, 3.63) is 62.1 Å². The van der Waals surface area contributed by atoms with Crippen molar-refractivity contribution in [3.63, 3.8) is 0 Å². The smallest absolute Gasteiger partial charge is 0.271 e. The molecule has 0 saturated carbocycles. The van der Waals surface area contributed by atoms with Crippen LogP contribution in [0.5, 0.6) is 11.5 Å². The first-order valence-electron chi connectivity index (χ1n) is 6.06. The molecule has 0 atom stereocenters. The fourth-order valence-electron chi connectivity index (χ4n) is 1.79. The highest BCUT2D eigenvalue weighted by Crippen LogP contribution is 2.35. The number of halogens is 2. The fourth-order valence-corrected chi connectivity index (χ4v) is 2.23. The van der Waals surface area contributed by atoms with E-state index in [4.69, 9.17) is 27.9 Å². The predicted molar refractivity (Wildman–Crippen MR) is 82.4 cm³/mol. The number of nitrogens with one attached hydrogen (secondary N) is 1. The van der Waals surface area contributed by atoms with Crippen LogP contribution in [0.4, 0.5) is 5.69 Å². The topological polar surface area (TPSA) is 64.4 Å². The molecule has 0 saturated heterocycles. The van der Waals surface area contributed by atoms with E-state index in [0.29, 0.717) is 23.1 Å². The minimum absolute atomic E-state index is 0.0890. The second kappa shape index (κ2) is 6.76. The van der Waals surface area contributed by atoms with Crippen molar-refractivity contribution in [2.24, 2.45) is 0 Å². The SMILES string of the molecule is CNCc1c(Cl)cccc1Oc1ccc([N+](=O)[O-])cc1Cl. The Hall–Kier alpha value is -1.82. The van der Waals surface area contributed by atoms with Crippen LogP contribution in [0.2, 0.25) is 10.0 Å². The van der Waals surface area contributed by atoms with Gasteiger partial charge in [0, 0.05) is 29.3 Å². The molecule has 0 radical (unpaired) electrons.